The van der Waals surface area contributed by atoms with Gasteiger partial charge >= 0.3 is 0 Å². The van der Waals surface area contributed by atoms with Crippen molar-refractivity contribution in [1.82, 2.24) is 67.7 Å². The van der Waals surface area contributed by atoms with Crippen LogP contribution in [0.1, 0.15) is 82.5 Å². The highest BCUT2D eigenvalue weighted by Gasteiger charge is 2.40. The number of benzene rings is 2. The Labute approximate surface area is 500 Å². The Morgan fingerprint density at radius 3 is 1.97 bits per heavy atom. The van der Waals surface area contributed by atoms with E-state index in [0.717, 1.165) is 0 Å². The van der Waals surface area contributed by atoms with E-state index in [9.17, 15) is 63.0 Å². The summed E-state index contributed by atoms with van der Waals surface area (Å²) < 4.78 is 0. The standard InChI is InChI=1S/C57H79N17O13/c1-30(2)21-39(49(80)67-38(15-9-19-62-57(59)60)56(87)74-20-10-16-44(74)54(85)64-27-45(58)77)68-50(81)40(22-32-11-5-4-6-12-32)71-55(86)47(31(3)76)73-53(84)43(28-75)72-51(82)41(23-33-25-63-36-14-8-7-13-35(33)36)69-52(83)42(24-34-26-61-29-65-34)70-48(79)37-17-18-46(78)66-37/h4-8,11-14,25-26,29-31,37-44,47,63,75-76H,9-10,15-24,27-28H2,1-3H3,(H2,58,77)(H,61,65)(H,64,85)(H,66,78)(H,67,80)(H,68,81)(H,69,83)(H,70,79)(H,71,86)(H,72,82)(H,73,84)(H4,59,60,62)/t31-,37+,38+,39+,40-,41+,42+,43+,44+,47+/m1/s1. The SMILES string of the molecule is CC(C)C[C@H](NC(=O)[C@@H](Cc1ccccc1)NC(=O)[C@@H](NC(=O)[C@H](CO)NC(=O)[C@H](Cc1c[nH]c2ccccc12)NC(=O)[C@H](Cc1cnc[nH]1)NC(=O)[C@@H]1CCC(=O)N1)[C@@H](C)O)C(=O)N[C@@H](CCCN=C(N)N)C(=O)N1CCC[C@H]1C(=O)NCC(N)=O. The summed E-state index contributed by atoms with van der Waals surface area (Å²) in [5.74, 6) is -9.21. The van der Waals surface area contributed by atoms with Crippen LogP contribution in [0.2, 0.25) is 0 Å². The summed E-state index contributed by atoms with van der Waals surface area (Å²) in [5, 5.41) is 45.6. The van der Waals surface area contributed by atoms with Gasteiger partial charge in [0.25, 0.3) is 0 Å². The molecule has 0 aliphatic carbocycles. The summed E-state index contributed by atoms with van der Waals surface area (Å²) >= 11 is 0. The molecule has 0 bridgehead atoms. The first-order chi connectivity index (χ1) is 41.5. The number of amides is 11. The summed E-state index contributed by atoms with van der Waals surface area (Å²) in [4.78, 5) is 166. The van der Waals surface area contributed by atoms with Gasteiger partial charge < -0.3 is 90.1 Å². The number of aliphatic hydroxyl groups is 2. The fourth-order valence-electron chi connectivity index (χ4n) is 10.2. The van der Waals surface area contributed by atoms with Gasteiger partial charge in [-0.05, 0) is 68.6 Å². The minimum atomic E-state index is -1.85. The van der Waals surface area contributed by atoms with E-state index < -0.39 is 133 Å². The second-order valence-corrected chi connectivity index (χ2v) is 21.9. The van der Waals surface area contributed by atoms with Crippen LogP contribution in [0.4, 0.5) is 0 Å². The highest BCUT2D eigenvalue weighted by molar-refractivity contribution is 6.00. The van der Waals surface area contributed by atoms with E-state index in [1.807, 2.05) is 0 Å². The maximum atomic E-state index is 14.6. The Morgan fingerprint density at radius 2 is 1.33 bits per heavy atom. The minimum absolute atomic E-state index is 0.00334. The molecule has 2 aliphatic rings. The lowest BCUT2D eigenvalue weighted by Gasteiger charge is -2.31. The van der Waals surface area contributed by atoms with E-state index in [0.29, 0.717) is 34.1 Å². The van der Waals surface area contributed by atoms with Gasteiger partial charge in [0.1, 0.15) is 54.4 Å². The summed E-state index contributed by atoms with van der Waals surface area (Å²) in [5.41, 5.74) is 18.5. The number of aromatic nitrogens is 3. The molecule has 2 aromatic carbocycles. The summed E-state index contributed by atoms with van der Waals surface area (Å²) in [7, 11) is 0. The van der Waals surface area contributed by atoms with E-state index in [1.54, 1.807) is 74.6 Å². The second kappa shape index (κ2) is 32.2. The molecule has 0 radical (unpaired) electrons. The lowest BCUT2D eigenvalue weighted by molar-refractivity contribution is -0.142. The number of nitrogens with two attached hydrogens (primary N) is 3. The minimum Gasteiger partial charge on any atom is -0.394 e. The third-order valence-corrected chi connectivity index (χ3v) is 14.6. The number of fused-ring (bicyclic) bond motifs is 1. The quantitative estimate of drug-likeness (QED) is 0.0125. The van der Waals surface area contributed by atoms with Crippen molar-refractivity contribution in [2.24, 2.45) is 28.1 Å². The summed E-state index contributed by atoms with van der Waals surface area (Å²) in [6.07, 6.45) is 3.48. The van der Waals surface area contributed by atoms with Gasteiger partial charge in [0.05, 0.1) is 25.6 Å². The lowest BCUT2D eigenvalue weighted by Crippen LogP contribution is -2.63. The van der Waals surface area contributed by atoms with E-state index in [-0.39, 0.29) is 88.7 Å². The number of guanidine groups is 1. The van der Waals surface area contributed by atoms with Crippen LogP contribution in [0.5, 0.6) is 0 Å². The van der Waals surface area contributed by atoms with Crippen LogP contribution in [0.15, 0.2) is 78.3 Å². The number of aromatic amines is 2. The molecule has 6 rings (SSSR count). The number of aliphatic hydroxyl groups excluding tert-OH is 2. The summed E-state index contributed by atoms with van der Waals surface area (Å²) in [6, 6.07) is 3.11. The van der Waals surface area contributed by atoms with Gasteiger partial charge in [-0.2, -0.15) is 0 Å². The van der Waals surface area contributed by atoms with Crippen molar-refractivity contribution in [3.05, 3.63) is 90.1 Å². The lowest BCUT2D eigenvalue weighted by atomic mass is 10.00. The molecule has 470 valence electrons. The number of imidazole rings is 1. The molecule has 4 aromatic rings. The van der Waals surface area contributed by atoms with E-state index >= 15 is 0 Å². The fraction of sp³-hybridized carbons (Fsp3) is 0.491. The van der Waals surface area contributed by atoms with Crippen molar-refractivity contribution in [2.45, 2.75) is 145 Å². The van der Waals surface area contributed by atoms with Gasteiger partial charge in [-0.15, -0.1) is 0 Å². The van der Waals surface area contributed by atoms with Gasteiger partial charge in [-0.3, -0.25) is 57.7 Å². The van der Waals surface area contributed by atoms with Crippen LogP contribution in [-0.4, -0.2) is 188 Å². The molecule has 10 atom stereocenters. The smallest absolute Gasteiger partial charge is 0.245 e. The van der Waals surface area contributed by atoms with Crippen LogP contribution in [-0.2, 0) is 72.0 Å². The van der Waals surface area contributed by atoms with Crippen molar-refractivity contribution in [3.63, 3.8) is 0 Å². The average molecular weight is 1210 g/mol. The number of likely N-dealkylation sites (tertiary alicyclic amines) is 1. The number of hydrogen-bond donors (Lipinski definition) is 16. The largest absolute Gasteiger partial charge is 0.394 e. The van der Waals surface area contributed by atoms with Gasteiger partial charge in [0.15, 0.2) is 5.96 Å². The van der Waals surface area contributed by atoms with Crippen LogP contribution in [0.25, 0.3) is 10.9 Å². The Morgan fingerprint density at radius 1 is 0.713 bits per heavy atom. The Hall–Kier alpha value is -9.45. The molecule has 0 saturated carbocycles. The predicted octanol–water partition coefficient (Wildman–Crippen LogP) is -4.34. The van der Waals surface area contributed by atoms with E-state index in [2.05, 4.69) is 67.8 Å². The molecule has 2 aliphatic heterocycles. The Balaban J connectivity index is 1.20. The third kappa shape index (κ3) is 19.8. The zero-order valence-corrected chi connectivity index (χ0v) is 48.6. The number of carbonyl (C=O) groups excluding carboxylic acids is 11. The molecule has 30 nitrogen and oxygen atoms in total. The average Bonchev–Trinajstić information content (AvgIpc) is 3.10. The number of para-hydroxylation sites is 1. The molecule has 11 amide bonds. The first kappa shape index (κ1) is 66.7. The topological polar surface area (TPSA) is 475 Å². The van der Waals surface area contributed by atoms with E-state index in [4.69, 9.17) is 17.2 Å². The number of aliphatic imine (C=N–C) groups is 1. The van der Waals surface area contributed by atoms with Crippen LogP contribution in [0, 0.1) is 5.92 Å². The normalized spacial score (nSPS) is 17.4. The molecule has 4 heterocycles. The van der Waals surface area contributed by atoms with Crippen LogP contribution >= 0.6 is 0 Å². The molecule has 87 heavy (non-hydrogen) atoms. The van der Waals surface area contributed by atoms with Gasteiger partial charge in [0, 0.05) is 67.8 Å². The number of H-pyrrole nitrogens is 2. The van der Waals surface area contributed by atoms with Crippen molar-refractivity contribution >= 4 is 81.8 Å². The molecular weight excluding hydrogens is 1130 g/mol. The number of hydrogen-bond acceptors (Lipinski definition) is 15. The van der Waals surface area contributed by atoms with Crippen molar-refractivity contribution in [2.75, 3.05) is 26.2 Å². The number of nitrogens with zero attached hydrogens (tertiary/aromatic N) is 3. The predicted molar refractivity (Wildman–Crippen MR) is 314 cm³/mol. The molecular formula is C57H79N17O13. The number of rotatable bonds is 32. The Kier molecular flexibility index (Phi) is 24.7. The summed E-state index contributed by atoms with van der Waals surface area (Å²) in [6.45, 7) is 3.46. The van der Waals surface area contributed by atoms with Gasteiger partial charge in [-0.25, -0.2) is 4.98 Å². The van der Waals surface area contributed by atoms with Crippen molar-refractivity contribution in [3.8, 4) is 0 Å². The van der Waals surface area contributed by atoms with Crippen LogP contribution < -0.4 is 65.1 Å². The Bertz CT molecular complexity index is 3100. The van der Waals surface area contributed by atoms with Crippen molar-refractivity contribution < 1.29 is 63.0 Å². The molecule has 19 N–H and O–H groups in total. The van der Waals surface area contributed by atoms with Gasteiger partial charge in [0.2, 0.25) is 65.0 Å². The maximum absolute atomic E-state index is 14.6. The molecule has 2 fully saturated rings. The zero-order chi connectivity index (χ0) is 63.3. The molecule has 2 saturated heterocycles. The van der Waals surface area contributed by atoms with Crippen molar-refractivity contribution in [1.29, 1.82) is 0 Å². The first-order valence-corrected chi connectivity index (χ1v) is 28.7. The van der Waals surface area contributed by atoms with Gasteiger partial charge in [-0.1, -0.05) is 62.4 Å². The number of nitrogens with one attached hydrogen (secondary N) is 11. The fourth-order valence-corrected chi connectivity index (χ4v) is 10.2. The molecule has 30 heteroatoms. The first-order valence-electron chi connectivity index (χ1n) is 28.7. The van der Waals surface area contributed by atoms with E-state index in [1.165, 1.54) is 24.3 Å². The second-order valence-electron chi connectivity index (χ2n) is 21.9. The number of carbonyl (C=O) groups is 11. The highest BCUT2D eigenvalue weighted by atomic mass is 16.3. The maximum Gasteiger partial charge on any atom is 0.245 e. The monoisotopic (exact) mass is 1210 g/mol. The third-order valence-electron chi connectivity index (χ3n) is 14.6. The highest BCUT2D eigenvalue weighted by Crippen LogP contribution is 2.22. The molecule has 2 aromatic heterocycles. The zero-order valence-electron chi connectivity index (χ0n) is 48.6. The molecule has 0 unspecified atom stereocenters. The molecule has 0 spiro atoms. The number of primary amides is 1. The van der Waals surface area contributed by atoms with Crippen LogP contribution in [0.3, 0.4) is 0 Å².